The number of nitriles is 1. The molecule has 36 heavy (non-hydrogen) atoms. The zero-order valence-corrected chi connectivity index (χ0v) is 20.0. The predicted octanol–water partition coefficient (Wildman–Crippen LogP) is 3.18. The average molecular weight is 484 g/mol. The SMILES string of the molecule is CC1(C)CN(C(=O)[C@H]2CC(=O)N(c3cccc(C#N)c3)C2)c2ccc(Cn3cnc(C(=O)O)c3)cc21. The van der Waals surface area contributed by atoms with Crippen LogP contribution in [0.15, 0.2) is 55.0 Å². The molecule has 0 aliphatic carbocycles. The third kappa shape index (κ3) is 4.11. The van der Waals surface area contributed by atoms with Crippen LogP contribution in [0, 0.1) is 17.2 Å². The second-order valence-corrected chi connectivity index (χ2v) is 9.96. The topological polar surface area (TPSA) is 120 Å². The maximum absolute atomic E-state index is 13.6. The van der Waals surface area contributed by atoms with Crippen molar-refractivity contribution >= 4 is 29.2 Å². The minimum absolute atomic E-state index is 0.00670. The number of aromatic carboxylic acids is 1. The molecule has 1 aromatic heterocycles. The average Bonchev–Trinajstić information content (AvgIpc) is 3.55. The Balaban J connectivity index is 1.36. The van der Waals surface area contributed by atoms with Gasteiger partial charge in [-0.15, -0.1) is 0 Å². The number of aromatic nitrogens is 2. The van der Waals surface area contributed by atoms with Gasteiger partial charge in [0.15, 0.2) is 5.69 Å². The number of nitrogens with zero attached hydrogens (tertiary/aromatic N) is 5. The van der Waals surface area contributed by atoms with Crippen molar-refractivity contribution in [3.63, 3.8) is 0 Å². The van der Waals surface area contributed by atoms with Gasteiger partial charge in [-0.3, -0.25) is 9.59 Å². The summed E-state index contributed by atoms with van der Waals surface area (Å²) in [6.07, 6.45) is 3.12. The summed E-state index contributed by atoms with van der Waals surface area (Å²) in [5, 5.41) is 18.3. The van der Waals surface area contributed by atoms with E-state index in [-0.39, 0.29) is 35.9 Å². The maximum Gasteiger partial charge on any atom is 0.356 e. The van der Waals surface area contributed by atoms with Crippen LogP contribution < -0.4 is 9.80 Å². The highest BCUT2D eigenvalue weighted by Gasteiger charge is 2.43. The molecule has 3 heterocycles. The standard InChI is InChI=1S/C27H25N5O4/c1-27(2)15-32(23-7-6-18(9-21(23)27)12-30-14-22(26(35)36)29-16-30)25(34)19-10-24(33)31(13-19)20-5-3-4-17(8-20)11-28/h3-9,14,16,19H,10,12-13,15H2,1-2H3,(H,35,36)/t19-/m0/s1. The highest BCUT2D eigenvalue weighted by atomic mass is 16.4. The number of rotatable bonds is 5. The molecular formula is C27H25N5O4. The van der Waals surface area contributed by atoms with Crippen molar-refractivity contribution in [1.82, 2.24) is 9.55 Å². The van der Waals surface area contributed by atoms with E-state index in [2.05, 4.69) is 31.0 Å². The molecule has 5 rings (SSSR count). The van der Waals surface area contributed by atoms with E-state index in [0.29, 0.717) is 24.3 Å². The molecule has 1 atom stereocenters. The van der Waals surface area contributed by atoms with E-state index in [1.54, 1.807) is 38.6 Å². The molecule has 0 radical (unpaired) electrons. The van der Waals surface area contributed by atoms with E-state index >= 15 is 0 Å². The van der Waals surface area contributed by atoms with Gasteiger partial charge in [0.25, 0.3) is 0 Å². The normalized spacial score (nSPS) is 18.2. The number of carboxylic acid groups (broad SMARTS) is 1. The molecule has 0 spiro atoms. The van der Waals surface area contributed by atoms with Gasteiger partial charge in [0.1, 0.15) is 0 Å². The quantitative estimate of drug-likeness (QED) is 0.595. The molecule has 3 aromatic rings. The summed E-state index contributed by atoms with van der Waals surface area (Å²) in [6.45, 7) is 5.42. The Morgan fingerprint density at radius 3 is 2.75 bits per heavy atom. The molecule has 2 amide bonds. The number of hydrogen-bond acceptors (Lipinski definition) is 5. The molecule has 0 bridgehead atoms. The maximum atomic E-state index is 13.6. The molecule has 9 heteroatoms. The second kappa shape index (κ2) is 8.64. The van der Waals surface area contributed by atoms with Crippen LogP contribution in [-0.2, 0) is 21.5 Å². The summed E-state index contributed by atoms with van der Waals surface area (Å²) in [7, 11) is 0. The zero-order chi connectivity index (χ0) is 25.6. The molecule has 2 aliphatic rings. The van der Waals surface area contributed by atoms with Gasteiger partial charge in [-0.2, -0.15) is 5.26 Å². The van der Waals surface area contributed by atoms with Crippen molar-refractivity contribution in [3.8, 4) is 6.07 Å². The van der Waals surface area contributed by atoms with Gasteiger partial charge in [-0.25, -0.2) is 9.78 Å². The number of carbonyl (C=O) groups excluding carboxylic acids is 2. The van der Waals surface area contributed by atoms with E-state index in [0.717, 1.165) is 16.8 Å². The summed E-state index contributed by atoms with van der Waals surface area (Å²) < 4.78 is 1.72. The first-order valence-electron chi connectivity index (χ1n) is 11.7. The highest BCUT2D eigenvalue weighted by molar-refractivity contribution is 6.05. The van der Waals surface area contributed by atoms with Crippen molar-refractivity contribution in [2.24, 2.45) is 5.92 Å². The van der Waals surface area contributed by atoms with Crippen LogP contribution in [0.4, 0.5) is 11.4 Å². The van der Waals surface area contributed by atoms with E-state index < -0.39 is 11.9 Å². The van der Waals surface area contributed by atoms with Gasteiger partial charge in [0, 0.05) is 49.0 Å². The number of amides is 2. The Labute approximate surface area is 208 Å². The number of fused-ring (bicyclic) bond motifs is 1. The summed E-state index contributed by atoms with van der Waals surface area (Å²) in [5.74, 6) is -1.74. The van der Waals surface area contributed by atoms with Gasteiger partial charge in [-0.1, -0.05) is 32.0 Å². The third-order valence-electron chi connectivity index (χ3n) is 6.88. The smallest absolute Gasteiger partial charge is 0.356 e. The number of anilines is 2. The molecule has 2 aliphatic heterocycles. The molecule has 182 valence electrons. The van der Waals surface area contributed by atoms with Crippen LogP contribution in [0.2, 0.25) is 0 Å². The van der Waals surface area contributed by atoms with Crippen LogP contribution in [0.25, 0.3) is 0 Å². The lowest BCUT2D eigenvalue weighted by molar-refractivity contribution is -0.124. The lowest BCUT2D eigenvalue weighted by atomic mass is 9.86. The number of imidazole rings is 1. The lowest BCUT2D eigenvalue weighted by Crippen LogP contribution is -2.39. The van der Waals surface area contributed by atoms with E-state index in [1.807, 2.05) is 12.1 Å². The first-order valence-corrected chi connectivity index (χ1v) is 11.7. The number of hydrogen-bond donors (Lipinski definition) is 1. The summed E-state index contributed by atoms with van der Waals surface area (Å²) in [6, 6.07) is 14.9. The largest absolute Gasteiger partial charge is 0.476 e. The van der Waals surface area contributed by atoms with Crippen molar-refractivity contribution in [1.29, 1.82) is 5.26 Å². The fourth-order valence-electron chi connectivity index (χ4n) is 5.08. The Morgan fingerprint density at radius 2 is 2.03 bits per heavy atom. The van der Waals surface area contributed by atoms with Crippen molar-refractivity contribution < 1.29 is 19.5 Å². The second-order valence-electron chi connectivity index (χ2n) is 9.96. The Hall–Kier alpha value is -4.45. The van der Waals surface area contributed by atoms with Gasteiger partial charge in [-0.05, 0) is 35.4 Å². The summed E-state index contributed by atoms with van der Waals surface area (Å²) in [4.78, 5) is 44.8. The number of carboxylic acids is 1. The summed E-state index contributed by atoms with van der Waals surface area (Å²) in [5.41, 5.74) is 3.66. The zero-order valence-electron chi connectivity index (χ0n) is 20.0. The fraction of sp³-hybridized carbons (Fsp3) is 0.296. The minimum atomic E-state index is -1.07. The van der Waals surface area contributed by atoms with Crippen molar-refractivity contribution in [2.45, 2.75) is 32.2 Å². The van der Waals surface area contributed by atoms with Gasteiger partial charge >= 0.3 is 5.97 Å². The van der Waals surface area contributed by atoms with E-state index in [4.69, 9.17) is 5.11 Å². The molecule has 1 fully saturated rings. The number of carbonyl (C=O) groups is 3. The van der Waals surface area contributed by atoms with Gasteiger partial charge < -0.3 is 19.5 Å². The first-order chi connectivity index (χ1) is 17.2. The molecule has 1 N–H and O–H groups in total. The Morgan fingerprint density at radius 1 is 1.22 bits per heavy atom. The predicted molar refractivity (Wildman–Crippen MR) is 132 cm³/mol. The molecule has 0 saturated carbocycles. The monoisotopic (exact) mass is 483 g/mol. The minimum Gasteiger partial charge on any atom is -0.476 e. The third-order valence-corrected chi connectivity index (χ3v) is 6.88. The van der Waals surface area contributed by atoms with Gasteiger partial charge in [0.05, 0.1) is 23.9 Å². The van der Waals surface area contributed by atoms with Crippen molar-refractivity contribution in [3.05, 3.63) is 77.4 Å². The van der Waals surface area contributed by atoms with Crippen LogP contribution in [0.5, 0.6) is 0 Å². The van der Waals surface area contributed by atoms with Crippen LogP contribution in [0.1, 0.15) is 47.4 Å². The van der Waals surface area contributed by atoms with Crippen molar-refractivity contribution in [2.75, 3.05) is 22.9 Å². The Bertz CT molecular complexity index is 1430. The van der Waals surface area contributed by atoms with E-state index in [9.17, 15) is 19.6 Å². The molecule has 9 nitrogen and oxygen atoms in total. The first kappa shape index (κ1) is 23.3. The molecule has 1 saturated heterocycles. The number of benzene rings is 2. The fourth-order valence-corrected chi connectivity index (χ4v) is 5.08. The molecule has 2 aromatic carbocycles. The van der Waals surface area contributed by atoms with Crippen LogP contribution >= 0.6 is 0 Å². The molecule has 0 unspecified atom stereocenters. The van der Waals surface area contributed by atoms with Crippen LogP contribution in [0.3, 0.4) is 0 Å². The van der Waals surface area contributed by atoms with Gasteiger partial charge in [0.2, 0.25) is 11.8 Å². The Kier molecular flexibility index (Phi) is 5.59. The molecular weight excluding hydrogens is 458 g/mol. The van der Waals surface area contributed by atoms with Crippen LogP contribution in [-0.4, -0.2) is 45.5 Å². The lowest BCUT2D eigenvalue weighted by Gasteiger charge is -2.23. The summed E-state index contributed by atoms with van der Waals surface area (Å²) >= 11 is 0. The highest BCUT2D eigenvalue weighted by Crippen LogP contribution is 2.42. The van der Waals surface area contributed by atoms with E-state index in [1.165, 1.54) is 12.5 Å².